The number of nitrogens with zero attached hydrogens (tertiary/aromatic N) is 1. The number of nitriles is 1. The second-order valence-electron chi connectivity index (χ2n) is 3.50. The molecule has 1 aromatic rings. The molecule has 5 heteroatoms. The van der Waals surface area contributed by atoms with E-state index < -0.39 is 6.10 Å². The number of hydrogen-bond acceptors (Lipinski definition) is 5. The molecule has 4 nitrogen and oxygen atoms in total. The van der Waals surface area contributed by atoms with Crippen LogP contribution in [-0.2, 0) is 5.75 Å². The van der Waals surface area contributed by atoms with E-state index in [2.05, 4.69) is 6.07 Å². The first-order valence-electron chi connectivity index (χ1n) is 5.15. The number of hydrogen-bond donors (Lipinski definition) is 2. The van der Waals surface area contributed by atoms with Crippen LogP contribution >= 0.6 is 11.8 Å². The zero-order chi connectivity index (χ0) is 12.7. The van der Waals surface area contributed by atoms with E-state index >= 15 is 0 Å². The third-order valence-electron chi connectivity index (χ3n) is 2.17. The normalized spacial score (nSPS) is 11.9. The van der Waals surface area contributed by atoms with Gasteiger partial charge in [-0.05, 0) is 17.7 Å². The van der Waals surface area contributed by atoms with Gasteiger partial charge < -0.3 is 14.9 Å². The Bertz CT molecular complexity index is 403. The first-order valence-corrected chi connectivity index (χ1v) is 6.30. The Morgan fingerprint density at radius 2 is 2.29 bits per heavy atom. The molecular formula is C12H15NO3S. The molecule has 1 atom stereocenters. The van der Waals surface area contributed by atoms with Crippen LogP contribution in [0.1, 0.15) is 11.1 Å². The van der Waals surface area contributed by atoms with Crippen molar-refractivity contribution in [1.82, 2.24) is 0 Å². The van der Waals surface area contributed by atoms with E-state index in [-0.39, 0.29) is 6.61 Å². The van der Waals surface area contributed by atoms with Gasteiger partial charge >= 0.3 is 0 Å². The largest absolute Gasteiger partial charge is 0.495 e. The average Bonchev–Trinajstić information content (AvgIpc) is 2.38. The van der Waals surface area contributed by atoms with E-state index in [0.717, 1.165) is 5.56 Å². The van der Waals surface area contributed by atoms with Crippen molar-refractivity contribution in [3.63, 3.8) is 0 Å². The maximum absolute atomic E-state index is 9.18. The lowest BCUT2D eigenvalue weighted by molar-refractivity contribution is 0.113. The fourth-order valence-corrected chi connectivity index (χ4v) is 2.21. The standard InChI is InChI=1S/C12H15NO3S/c1-16-12-3-2-9(4-10(12)5-13)7-17-8-11(15)6-14/h2-4,11,14-15H,6-8H2,1H3. The topological polar surface area (TPSA) is 73.5 Å². The first kappa shape index (κ1) is 13.8. The monoisotopic (exact) mass is 253 g/mol. The molecule has 0 saturated carbocycles. The van der Waals surface area contributed by atoms with Gasteiger partial charge in [-0.1, -0.05) is 6.07 Å². The quantitative estimate of drug-likeness (QED) is 0.795. The van der Waals surface area contributed by atoms with E-state index in [1.807, 2.05) is 6.07 Å². The summed E-state index contributed by atoms with van der Waals surface area (Å²) in [5.74, 6) is 1.73. The highest BCUT2D eigenvalue weighted by Gasteiger charge is 2.05. The summed E-state index contributed by atoms with van der Waals surface area (Å²) >= 11 is 1.51. The van der Waals surface area contributed by atoms with Crippen molar-refractivity contribution in [2.75, 3.05) is 19.5 Å². The van der Waals surface area contributed by atoms with Gasteiger partial charge in [0.2, 0.25) is 0 Å². The molecule has 0 radical (unpaired) electrons. The minimum absolute atomic E-state index is 0.223. The molecule has 0 spiro atoms. The van der Waals surface area contributed by atoms with Crippen LogP contribution in [0, 0.1) is 11.3 Å². The summed E-state index contributed by atoms with van der Waals surface area (Å²) in [7, 11) is 1.53. The fraction of sp³-hybridized carbons (Fsp3) is 0.417. The van der Waals surface area contributed by atoms with E-state index in [1.165, 1.54) is 18.9 Å². The van der Waals surface area contributed by atoms with Crippen molar-refractivity contribution >= 4 is 11.8 Å². The van der Waals surface area contributed by atoms with Crippen LogP contribution in [0.25, 0.3) is 0 Å². The molecule has 0 aliphatic rings. The van der Waals surface area contributed by atoms with Crippen molar-refractivity contribution in [3.05, 3.63) is 29.3 Å². The molecule has 1 unspecified atom stereocenters. The molecule has 92 valence electrons. The third-order valence-corrected chi connectivity index (χ3v) is 3.33. The lowest BCUT2D eigenvalue weighted by Gasteiger charge is -2.08. The predicted molar refractivity (Wildman–Crippen MR) is 67.0 cm³/mol. The van der Waals surface area contributed by atoms with Gasteiger partial charge in [0, 0.05) is 11.5 Å². The molecule has 0 bridgehead atoms. The zero-order valence-corrected chi connectivity index (χ0v) is 10.4. The van der Waals surface area contributed by atoms with Crippen LogP contribution in [0.3, 0.4) is 0 Å². The molecule has 1 rings (SSSR count). The van der Waals surface area contributed by atoms with Gasteiger partial charge in [0.05, 0.1) is 25.4 Å². The highest BCUT2D eigenvalue weighted by atomic mass is 32.2. The smallest absolute Gasteiger partial charge is 0.136 e. The Kier molecular flexibility index (Phi) is 5.84. The Hall–Kier alpha value is -1.22. The number of benzene rings is 1. The van der Waals surface area contributed by atoms with Crippen molar-refractivity contribution in [1.29, 1.82) is 5.26 Å². The van der Waals surface area contributed by atoms with Crippen LogP contribution in [0.15, 0.2) is 18.2 Å². The predicted octanol–water partition coefficient (Wildman–Crippen LogP) is 1.15. The summed E-state index contributed by atoms with van der Waals surface area (Å²) in [5, 5.41) is 26.8. The summed E-state index contributed by atoms with van der Waals surface area (Å²) in [6.45, 7) is -0.223. The Labute approximate surface area is 105 Å². The molecule has 0 aliphatic carbocycles. The van der Waals surface area contributed by atoms with Gasteiger partial charge in [-0.3, -0.25) is 0 Å². The summed E-state index contributed by atoms with van der Waals surface area (Å²) in [6.07, 6.45) is -0.686. The number of thioether (sulfide) groups is 1. The fourth-order valence-electron chi connectivity index (χ4n) is 1.30. The van der Waals surface area contributed by atoms with Gasteiger partial charge in [0.15, 0.2) is 0 Å². The molecular weight excluding hydrogens is 238 g/mol. The van der Waals surface area contributed by atoms with Crippen LogP contribution in [-0.4, -0.2) is 35.8 Å². The van der Waals surface area contributed by atoms with Gasteiger partial charge in [-0.25, -0.2) is 0 Å². The Morgan fingerprint density at radius 3 is 2.88 bits per heavy atom. The first-order chi connectivity index (χ1) is 8.21. The number of aliphatic hydroxyl groups excluding tert-OH is 2. The minimum Gasteiger partial charge on any atom is -0.495 e. The lowest BCUT2D eigenvalue weighted by atomic mass is 10.1. The summed E-state index contributed by atoms with van der Waals surface area (Å²) in [6, 6.07) is 7.50. The highest BCUT2D eigenvalue weighted by Crippen LogP contribution is 2.21. The number of ether oxygens (including phenoxy) is 1. The van der Waals surface area contributed by atoms with E-state index in [0.29, 0.717) is 22.8 Å². The van der Waals surface area contributed by atoms with E-state index in [9.17, 15) is 5.11 Å². The molecule has 2 N–H and O–H groups in total. The molecule has 0 amide bonds. The molecule has 0 heterocycles. The zero-order valence-electron chi connectivity index (χ0n) is 9.59. The molecule has 0 saturated heterocycles. The van der Waals surface area contributed by atoms with Gasteiger partial charge in [0.25, 0.3) is 0 Å². The summed E-state index contributed by atoms with van der Waals surface area (Å²) in [4.78, 5) is 0. The van der Waals surface area contributed by atoms with Crippen molar-refractivity contribution < 1.29 is 14.9 Å². The lowest BCUT2D eigenvalue weighted by Crippen LogP contribution is -2.14. The van der Waals surface area contributed by atoms with Crippen LogP contribution in [0.5, 0.6) is 5.75 Å². The molecule has 0 aliphatic heterocycles. The summed E-state index contributed by atoms with van der Waals surface area (Å²) in [5.41, 5.74) is 1.51. The second kappa shape index (κ2) is 7.17. The third kappa shape index (κ3) is 4.27. The minimum atomic E-state index is -0.686. The van der Waals surface area contributed by atoms with E-state index in [4.69, 9.17) is 15.1 Å². The van der Waals surface area contributed by atoms with Gasteiger partial charge in [-0.15, -0.1) is 0 Å². The number of aliphatic hydroxyl groups is 2. The molecule has 0 fully saturated rings. The van der Waals surface area contributed by atoms with Gasteiger partial charge in [-0.2, -0.15) is 17.0 Å². The Balaban J connectivity index is 2.58. The SMILES string of the molecule is COc1ccc(CSCC(O)CO)cc1C#N. The average molecular weight is 253 g/mol. The van der Waals surface area contributed by atoms with Crippen LogP contribution in [0.4, 0.5) is 0 Å². The summed E-state index contributed by atoms with van der Waals surface area (Å²) < 4.78 is 5.05. The molecule has 1 aromatic carbocycles. The van der Waals surface area contributed by atoms with Crippen molar-refractivity contribution in [2.24, 2.45) is 0 Å². The second-order valence-corrected chi connectivity index (χ2v) is 4.53. The number of rotatable bonds is 6. The van der Waals surface area contributed by atoms with Crippen LogP contribution in [0.2, 0.25) is 0 Å². The van der Waals surface area contributed by atoms with Crippen molar-refractivity contribution in [3.8, 4) is 11.8 Å². The Morgan fingerprint density at radius 1 is 1.53 bits per heavy atom. The van der Waals surface area contributed by atoms with E-state index in [1.54, 1.807) is 12.1 Å². The molecule has 17 heavy (non-hydrogen) atoms. The highest BCUT2D eigenvalue weighted by molar-refractivity contribution is 7.98. The number of methoxy groups -OCH3 is 1. The molecule has 0 aromatic heterocycles. The maximum Gasteiger partial charge on any atom is 0.136 e. The van der Waals surface area contributed by atoms with Crippen LogP contribution < -0.4 is 4.74 Å². The van der Waals surface area contributed by atoms with Gasteiger partial charge in [0.1, 0.15) is 11.8 Å². The maximum atomic E-state index is 9.18. The van der Waals surface area contributed by atoms with Crippen molar-refractivity contribution in [2.45, 2.75) is 11.9 Å².